The lowest BCUT2D eigenvalue weighted by Gasteiger charge is -2.61. The lowest BCUT2D eigenvalue weighted by molar-refractivity contribution is -0.334. The summed E-state index contributed by atoms with van der Waals surface area (Å²) in [6, 6.07) is 0. The van der Waals surface area contributed by atoms with E-state index in [0.717, 1.165) is 19.3 Å². The van der Waals surface area contributed by atoms with Crippen LogP contribution in [-0.2, 0) is 13.9 Å². The van der Waals surface area contributed by atoms with Crippen LogP contribution in [0.3, 0.4) is 0 Å². The smallest absolute Gasteiger partial charge is 0.193 e. The van der Waals surface area contributed by atoms with Crippen molar-refractivity contribution in [3.8, 4) is 11.8 Å². The Morgan fingerprint density at radius 3 is 2.44 bits per heavy atom. The van der Waals surface area contributed by atoms with Crippen molar-refractivity contribution in [1.29, 1.82) is 0 Å². The van der Waals surface area contributed by atoms with Crippen LogP contribution in [0.1, 0.15) is 80.1 Å². The Morgan fingerprint density at radius 2 is 1.84 bits per heavy atom. The van der Waals surface area contributed by atoms with Crippen molar-refractivity contribution in [3.63, 3.8) is 0 Å². The third kappa shape index (κ3) is 5.15. The summed E-state index contributed by atoms with van der Waals surface area (Å²) in [5, 5.41) is 11.1. The Hall–Kier alpha value is -0.383. The maximum atomic E-state index is 10.9. The van der Waals surface area contributed by atoms with Gasteiger partial charge in [-0.15, -0.1) is 0 Å². The molecule has 3 rings (SSSR count). The van der Waals surface area contributed by atoms with Crippen LogP contribution in [0.25, 0.3) is 0 Å². The maximum Gasteiger partial charge on any atom is 0.193 e. The van der Waals surface area contributed by atoms with Gasteiger partial charge in [0.1, 0.15) is 6.10 Å². The normalized spacial score (nSPS) is 33.7. The van der Waals surface area contributed by atoms with E-state index in [1.54, 1.807) is 0 Å². The fraction of sp³-hybridized carbons (Fsp3) is 0.926. The van der Waals surface area contributed by atoms with Crippen molar-refractivity contribution in [2.45, 2.75) is 116 Å². The fourth-order valence-corrected chi connectivity index (χ4v) is 7.07. The monoisotopic (exact) mass is 464 g/mol. The molecule has 2 saturated carbocycles. The molecule has 3 aliphatic rings. The molecule has 1 aliphatic heterocycles. The quantitative estimate of drug-likeness (QED) is 0.371. The van der Waals surface area contributed by atoms with Crippen molar-refractivity contribution in [1.82, 2.24) is 0 Å². The topological polar surface area (TPSA) is 47.9 Å². The van der Waals surface area contributed by atoms with Gasteiger partial charge in [-0.2, -0.15) is 0 Å². The van der Waals surface area contributed by atoms with Gasteiger partial charge in [0, 0.05) is 11.8 Å². The first kappa shape index (κ1) is 26.2. The second-order valence-corrected chi connectivity index (χ2v) is 17.0. The molecule has 2 aliphatic carbocycles. The van der Waals surface area contributed by atoms with Crippen molar-refractivity contribution >= 4 is 8.32 Å². The molecule has 1 saturated heterocycles. The number of aliphatic hydroxyl groups is 1. The van der Waals surface area contributed by atoms with Crippen LogP contribution in [0.2, 0.25) is 18.1 Å². The van der Waals surface area contributed by atoms with Crippen LogP contribution in [0.5, 0.6) is 0 Å². The zero-order valence-electron chi connectivity index (χ0n) is 21.9. The van der Waals surface area contributed by atoms with E-state index < -0.39 is 14.1 Å². The highest BCUT2D eigenvalue weighted by Crippen LogP contribution is 2.61. The molecule has 0 aromatic heterocycles. The first-order valence-electron chi connectivity index (χ1n) is 13.1. The van der Waals surface area contributed by atoms with Crippen molar-refractivity contribution in [2.24, 2.45) is 29.6 Å². The van der Waals surface area contributed by atoms with E-state index >= 15 is 0 Å². The fourth-order valence-electron chi connectivity index (χ4n) is 5.85. The highest BCUT2D eigenvalue weighted by molar-refractivity contribution is 6.74. The molecule has 184 valence electrons. The molecule has 3 fully saturated rings. The second kappa shape index (κ2) is 10.1. The molecule has 0 bridgehead atoms. The Kier molecular flexibility index (Phi) is 8.26. The number of hydrogen-bond donors (Lipinski definition) is 1. The minimum Gasteiger partial charge on any atom is -0.403 e. The van der Waals surface area contributed by atoms with E-state index in [2.05, 4.69) is 66.5 Å². The second-order valence-electron chi connectivity index (χ2n) is 12.2. The van der Waals surface area contributed by atoms with Crippen LogP contribution in [0.4, 0.5) is 0 Å². The predicted molar refractivity (Wildman–Crippen MR) is 133 cm³/mol. The van der Waals surface area contributed by atoms with E-state index in [1.165, 1.54) is 19.3 Å². The summed E-state index contributed by atoms with van der Waals surface area (Å²) in [6.45, 7) is 19.7. The van der Waals surface area contributed by atoms with Gasteiger partial charge in [0.25, 0.3) is 0 Å². The maximum absolute atomic E-state index is 10.9. The number of ether oxygens (including phenoxy) is 2. The zero-order chi connectivity index (χ0) is 23.7. The minimum absolute atomic E-state index is 0.0151. The van der Waals surface area contributed by atoms with Gasteiger partial charge in [-0.25, -0.2) is 0 Å². The Bertz CT molecular complexity index is 682. The largest absolute Gasteiger partial charge is 0.403 e. The lowest BCUT2D eigenvalue weighted by atomic mass is 9.50. The molecular formula is C27H48O4Si. The summed E-state index contributed by atoms with van der Waals surface area (Å²) in [5.74, 6) is 8.25. The highest BCUT2D eigenvalue weighted by Gasteiger charge is 2.67. The van der Waals surface area contributed by atoms with E-state index in [0.29, 0.717) is 31.0 Å². The van der Waals surface area contributed by atoms with Crippen molar-refractivity contribution in [2.75, 3.05) is 13.2 Å². The number of rotatable bonds is 7. The summed E-state index contributed by atoms with van der Waals surface area (Å²) in [6.07, 6.45) is 6.00. The molecule has 7 atom stereocenters. The predicted octanol–water partition coefficient (Wildman–Crippen LogP) is 5.99. The van der Waals surface area contributed by atoms with Gasteiger partial charge >= 0.3 is 0 Å². The summed E-state index contributed by atoms with van der Waals surface area (Å²) >= 11 is 0. The minimum atomic E-state index is -1.93. The van der Waals surface area contributed by atoms with Crippen LogP contribution in [0.15, 0.2) is 0 Å². The molecule has 0 aromatic rings. The Morgan fingerprint density at radius 1 is 1.19 bits per heavy atom. The third-order valence-electron chi connectivity index (χ3n) is 8.86. The van der Waals surface area contributed by atoms with Crippen molar-refractivity contribution in [3.05, 3.63) is 0 Å². The van der Waals surface area contributed by atoms with Crippen LogP contribution in [0, 0.1) is 41.4 Å². The summed E-state index contributed by atoms with van der Waals surface area (Å²) < 4.78 is 19.0. The average molecular weight is 465 g/mol. The van der Waals surface area contributed by atoms with E-state index in [1.807, 2.05) is 0 Å². The molecule has 32 heavy (non-hydrogen) atoms. The molecule has 0 aromatic carbocycles. The number of unbranched alkanes of at least 4 members (excludes halogenated alkanes) is 1. The number of fused-ring (bicyclic) bond motifs is 2. The number of hydrogen-bond acceptors (Lipinski definition) is 4. The van der Waals surface area contributed by atoms with E-state index in [-0.39, 0.29) is 29.1 Å². The Labute approximate surface area is 198 Å². The van der Waals surface area contributed by atoms with Gasteiger partial charge in [0.15, 0.2) is 14.1 Å². The molecule has 2 unspecified atom stereocenters. The molecule has 5 heteroatoms. The highest BCUT2D eigenvalue weighted by atomic mass is 28.4. The van der Waals surface area contributed by atoms with Crippen LogP contribution < -0.4 is 0 Å². The first-order valence-corrected chi connectivity index (χ1v) is 16.0. The van der Waals surface area contributed by atoms with Crippen molar-refractivity contribution < 1.29 is 19.0 Å². The van der Waals surface area contributed by atoms with Gasteiger partial charge in [-0.1, -0.05) is 72.6 Å². The molecule has 1 N–H and O–H groups in total. The van der Waals surface area contributed by atoms with E-state index in [4.69, 9.17) is 13.9 Å². The van der Waals surface area contributed by atoms with Gasteiger partial charge in [-0.3, -0.25) is 0 Å². The molecule has 0 radical (unpaired) electrons. The van der Waals surface area contributed by atoms with Crippen LogP contribution in [-0.4, -0.2) is 44.6 Å². The summed E-state index contributed by atoms with van der Waals surface area (Å²) in [5.41, 5.74) is 0. The standard InChI is InChI=1S/C27H48O4Si/c1-9-10-11-19(2)18-21(31-32(7,8)26(4,5)6)12-13-22-24(28)15-14-23-25(22)20(3)27(23)29-16-17-30-27/h19-25,28H,9-11,14-18H2,1-8H3/t19?,20?,21-,22-,23-,24+,25+/m0/s1. The molecule has 1 spiro atoms. The Balaban J connectivity index is 1.78. The van der Waals surface area contributed by atoms with Gasteiger partial charge in [-0.05, 0) is 49.2 Å². The summed E-state index contributed by atoms with van der Waals surface area (Å²) in [4.78, 5) is 0. The average Bonchev–Trinajstić information content (AvgIpc) is 3.22. The van der Waals surface area contributed by atoms with Gasteiger partial charge in [0.05, 0.1) is 25.2 Å². The molecule has 4 nitrogen and oxygen atoms in total. The molecule has 0 amide bonds. The van der Waals surface area contributed by atoms with E-state index in [9.17, 15) is 5.11 Å². The summed E-state index contributed by atoms with van der Waals surface area (Å²) in [7, 11) is -1.93. The van der Waals surface area contributed by atoms with Gasteiger partial charge < -0.3 is 19.0 Å². The molecular weight excluding hydrogens is 416 g/mol. The molecule has 1 heterocycles. The van der Waals surface area contributed by atoms with Crippen LogP contribution >= 0.6 is 0 Å². The lowest BCUT2D eigenvalue weighted by Crippen LogP contribution is -2.67. The van der Waals surface area contributed by atoms with Gasteiger partial charge in [0.2, 0.25) is 0 Å². The first-order chi connectivity index (χ1) is 14.9. The zero-order valence-corrected chi connectivity index (χ0v) is 22.9. The third-order valence-corrected chi connectivity index (χ3v) is 13.3. The SMILES string of the molecule is CCCCC(C)C[C@H](C#C[C@@H]1[C@H]2C(C)C3(OCCO3)[C@H]2CC[C@H]1O)O[Si](C)(C)C(C)(C)C. The number of aliphatic hydroxyl groups excluding tert-OH is 1.